The molecule has 49 heteroatoms. The van der Waals surface area contributed by atoms with E-state index in [9.17, 15) is 138 Å². The highest BCUT2D eigenvalue weighted by atomic mass is 16.8. The summed E-state index contributed by atoms with van der Waals surface area (Å²) in [5, 5.41) is 290. The summed E-state index contributed by atoms with van der Waals surface area (Å²) < 4.78 is 121. The SMILES string of the molecule is C=C[C@@](C)(CC/C=C(\C)C(=O)O[C@H]1[C@H](O)[C@@H](O)[C@H](O[C@](C)(C=C)CC/C=C(\CO)C(=O)O[C@@H]2C[C@]3(C(=O)O[C@@H]4O[C@H](CO)[C@@H](O)[C@H](O)[C@H]4O[C@@H]4O[C@@H](C)[C@H](O[C@@H]5O[C@@H](CO)[C@H](O)[C@H]5O)[C@@H](O[C@@H]5O[C@H](O)[C@@H](O)[C@H](O)[C@H]5O)[C@H]4O)[C@H](O)C[C@]4(C)C(=CC[C@@H]5[C@]6(C)CC[C@@H](O[C@@H]7O[C@H](CO[C@@H]8OC[C@H](O)[C@H](O)[C@H]8O[C@@H]8OC[C@@H](O)[C@H](O)[C@H]8O)[C@@H](O)[C@H](O)[C@H]7O)C(C)(C)[C@H]6CC[C@]54C)[C@H]3CC2(C)C)O[C@@H]1C)O[C@@H]1O[C@H](C)[C@@H](O)[C@H](O)[C@H]1O. The number of fused-ring (bicyclic) bond motifs is 7. The number of carbonyl (C=O) groups excluding carboxylic acids is 3. The molecule has 0 radical (unpaired) electrons. The molecule has 13 fully saturated rings. The first-order valence-corrected chi connectivity index (χ1v) is 51.3. The Hall–Kier alpha value is -4.61. The summed E-state index contributed by atoms with van der Waals surface area (Å²) >= 11 is 0. The number of rotatable bonds is 34. The van der Waals surface area contributed by atoms with Gasteiger partial charge in [0.15, 0.2) is 68.8 Å². The standard InChI is InChI=1S/C100H158O49/c1-16-95(11,148-88-72(123)62(113)56(107)40(4)133-88)26-18-20-39(3)80(126)141-75-41(5)135-89(73(124)66(75)117)149-96(12,17-2)27-19-21-43(33-101)81(127)139-55-32-100(92(129)147-91-79(65(116)59(110)48(34-102)137-91)145-87-74(125)77(143-86-71(122)64(115)67(118)82(128)146-86)76(42(6)134-87)142-85-69(120)60(111)49(35-103)136-85)45(30-93(55,7)8)44-22-23-52-97(13)28-25-54(94(9,10)51(97)24-29-98(52,14)99(44,15)31-53(100)106)140-84-70(121)63(114)61(112)50(138-84)38-132-90-78(58(109)47(105)37-131-90)144-83-68(119)57(108)46(104)36-130-83/h16-17,20-22,40-42,45-79,82-91,101-125,128H,1-2,18-19,23-38H2,3-15H3/b39-20+,43-21+/t40-,41-,42+,45-,46-,47+,48-,49+,50-,51-,52-,53-,54-,55-,56-,57+,58+,59-,60+,61-,62+,63+,64+,65+,66-,67+,68-,69-,70-,71-,72-,73-,74-,75-,76+,77+,78-,79-,82+,83+,84+,85+,86-,87+,88+,89+,90+,91+,95+,96-,97-,98-,99-,100-/m1/s1. The van der Waals surface area contributed by atoms with Crippen molar-refractivity contribution in [3.05, 3.63) is 60.3 Å². The molecular formula is C100H158O49. The van der Waals surface area contributed by atoms with Crippen molar-refractivity contribution < 1.29 is 242 Å². The number of allylic oxidation sites excluding steroid dienone is 4. The molecule has 14 aliphatic rings. The Morgan fingerprint density at radius 2 is 0.919 bits per heavy atom. The second-order valence-corrected chi connectivity index (χ2v) is 45.4. The number of ether oxygens (including phenoxy) is 20. The van der Waals surface area contributed by atoms with E-state index in [4.69, 9.17) is 94.7 Å². The number of esters is 3. The van der Waals surface area contributed by atoms with E-state index in [1.54, 1.807) is 27.7 Å². The number of carbonyl (C=O) groups is 3. The summed E-state index contributed by atoms with van der Waals surface area (Å²) in [4.78, 5) is 45.6. The second-order valence-electron chi connectivity index (χ2n) is 45.4. The molecule has 4 saturated carbocycles. The fourth-order valence-electron chi connectivity index (χ4n) is 25.2. The Bertz CT molecular complexity index is 4610. The van der Waals surface area contributed by atoms with E-state index in [1.807, 2.05) is 20.8 Å². The highest BCUT2D eigenvalue weighted by Gasteiger charge is 2.74. The van der Waals surface area contributed by atoms with Crippen LogP contribution in [0.25, 0.3) is 0 Å². The van der Waals surface area contributed by atoms with Crippen LogP contribution in [0.15, 0.2) is 60.3 Å². The van der Waals surface area contributed by atoms with Gasteiger partial charge in [0, 0.05) is 17.4 Å². The molecule has 0 aromatic heterocycles. The molecular weight excluding hydrogens is 1990 g/mol. The van der Waals surface area contributed by atoms with Gasteiger partial charge in [-0.1, -0.05) is 84.4 Å². The molecule has 9 aliphatic heterocycles. The molecule has 149 heavy (non-hydrogen) atoms. The van der Waals surface area contributed by atoms with E-state index < -0.39 is 390 Å². The summed E-state index contributed by atoms with van der Waals surface area (Å²) in [6, 6.07) is 0. The third-order valence-electron chi connectivity index (χ3n) is 35.0. The molecule has 852 valence electrons. The van der Waals surface area contributed by atoms with Crippen LogP contribution in [0.3, 0.4) is 0 Å². The van der Waals surface area contributed by atoms with Crippen LogP contribution in [-0.4, -0.2) is 478 Å². The molecule has 9 heterocycles. The van der Waals surface area contributed by atoms with Crippen molar-refractivity contribution in [2.24, 2.45) is 50.2 Å². The van der Waals surface area contributed by atoms with Crippen molar-refractivity contribution in [1.29, 1.82) is 0 Å². The van der Waals surface area contributed by atoms with Crippen molar-refractivity contribution in [1.82, 2.24) is 0 Å². The van der Waals surface area contributed by atoms with Gasteiger partial charge < -0.3 is 228 Å². The van der Waals surface area contributed by atoms with Crippen molar-refractivity contribution in [3.63, 3.8) is 0 Å². The molecule has 5 aliphatic carbocycles. The van der Waals surface area contributed by atoms with Crippen molar-refractivity contribution >= 4 is 17.9 Å². The average Bonchev–Trinajstić information content (AvgIpc) is 0.885. The quantitative estimate of drug-likeness (QED) is 0.00936. The van der Waals surface area contributed by atoms with E-state index in [2.05, 4.69) is 33.1 Å². The fraction of sp³-hybridized carbons (Fsp3) is 0.870. The molecule has 0 aromatic carbocycles. The van der Waals surface area contributed by atoms with Crippen molar-refractivity contribution in [3.8, 4) is 0 Å². The summed E-state index contributed by atoms with van der Waals surface area (Å²) in [6.07, 6.45) is -68.9. The van der Waals surface area contributed by atoms with Gasteiger partial charge in [-0.05, 0) is 152 Å². The largest absolute Gasteiger partial charge is 0.458 e. The minimum absolute atomic E-state index is 0.0589. The molecule has 0 spiro atoms. The maximum Gasteiger partial charge on any atom is 0.336 e. The smallest absolute Gasteiger partial charge is 0.336 e. The molecule has 49 nitrogen and oxygen atoms in total. The van der Waals surface area contributed by atoms with E-state index >= 15 is 9.59 Å². The second kappa shape index (κ2) is 47.1. The molecule has 0 amide bonds. The van der Waals surface area contributed by atoms with Crippen LogP contribution in [0.5, 0.6) is 0 Å². The lowest BCUT2D eigenvalue weighted by Crippen LogP contribution is -2.70. The van der Waals surface area contributed by atoms with Crippen LogP contribution < -0.4 is 0 Å². The Morgan fingerprint density at radius 3 is 1.54 bits per heavy atom. The Morgan fingerprint density at radius 1 is 0.436 bits per heavy atom. The lowest BCUT2D eigenvalue weighted by molar-refractivity contribution is -0.399. The lowest BCUT2D eigenvalue weighted by Gasteiger charge is -2.72. The van der Waals surface area contributed by atoms with E-state index in [0.29, 0.717) is 37.7 Å². The van der Waals surface area contributed by atoms with Crippen LogP contribution in [0.4, 0.5) is 0 Å². The fourth-order valence-corrected chi connectivity index (χ4v) is 25.2. The summed E-state index contributed by atoms with van der Waals surface area (Å²) in [7, 11) is 0. The van der Waals surface area contributed by atoms with Gasteiger partial charge in [0.2, 0.25) is 6.29 Å². The van der Waals surface area contributed by atoms with Gasteiger partial charge >= 0.3 is 17.9 Å². The number of aliphatic hydroxyl groups excluding tert-OH is 26. The van der Waals surface area contributed by atoms with Crippen molar-refractivity contribution in [2.75, 3.05) is 39.6 Å². The molecule has 54 atom stereocenters. The number of hydrogen-bond acceptors (Lipinski definition) is 49. The highest BCUT2D eigenvalue weighted by molar-refractivity contribution is 5.89. The maximum atomic E-state index is 16.8. The van der Waals surface area contributed by atoms with Gasteiger partial charge in [-0.25, -0.2) is 9.59 Å². The van der Waals surface area contributed by atoms with Crippen LogP contribution in [0.1, 0.15) is 167 Å². The summed E-state index contributed by atoms with van der Waals surface area (Å²) in [5.74, 6) is -4.71. The lowest BCUT2D eigenvalue weighted by atomic mass is 9.33. The van der Waals surface area contributed by atoms with Gasteiger partial charge in [-0.15, -0.1) is 13.2 Å². The molecule has 0 bridgehead atoms. The van der Waals surface area contributed by atoms with E-state index in [0.717, 1.165) is 0 Å². The van der Waals surface area contributed by atoms with Crippen LogP contribution in [0, 0.1) is 50.2 Å². The Kier molecular flexibility index (Phi) is 37.9. The van der Waals surface area contributed by atoms with E-state index in [1.165, 1.54) is 52.0 Å². The predicted molar refractivity (Wildman–Crippen MR) is 498 cm³/mol. The minimum atomic E-state index is -2.32. The molecule has 26 N–H and O–H groups in total. The molecule has 9 saturated heterocycles. The van der Waals surface area contributed by atoms with Gasteiger partial charge in [-0.3, -0.25) is 4.79 Å². The first kappa shape index (κ1) is 120. The average molecular weight is 2140 g/mol. The number of hydrogen-bond donors (Lipinski definition) is 26. The monoisotopic (exact) mass is 2140 g/mol. The van der Waals surface area contributed by atoms with Crippen LogP contribution >= 0.6 is 0 Å². The predicted octanol–water partition coefficient (Wildman–Crippen LogP) is -6.61. The zero-order chi connectivity index (χ0) is 110. The summed E-state index contributed by atoms with van der Waals surface area (Å²) in [5.41, 5.74) is -8.74. The Labute approximate surface area is 861 Å². The minimum Gasteiger partial charge on any atom is -0.458 e. The maximum absolute atomic E-state index is 16.8. The topological polar surface area (TPSA) is 762 Å². The van der Waals surface area contributed by atoms with Crippen LogP contribution in [-0.2, 0) is 109 Å². The molecule has 0 aromatic rings. The number of aliphatic hydroxyl groups is 26. The van der Waals surface area contributed by atoms with Gasteiger partial charge in [0.1, 0.15) is 176 Å². The molecule has 14 rings (SSSR count). The van der Waals surface area contributed by atoms with Gasteiger partial charge in [0.25, 0.3) is 0 Å². The Balaban J connectivity index is 0.712. The first-order valence-electron chi connectivity index (χ1n) is 51.3. The highest BCUT2D eigenvalue weighted by Crippen LogP contribution is 2.76. The van der Waals surface area contributed by atoms with Gasteiger partial charge in [0.05, 0.1) is 86.9 Å². The molecule has 0 unspecified atom stereocenters. The third kappa shape index (κ3) is 23.2. The summed E-state index contributed by atoms with van der Waals surface area (Å²) in [6.45, 7) is 26.4. The van der Waals surface area contributed by atoms with Crippen molar-refractivity contribution in [2.45, 2.75) is 455 Å². The van der Waals surface area contributed by atoms with E-state index in [-0.39, 0.29) is 61.5 Å². The normalized spacial score (nSPS) is 49.4. The van der Waals surface area contributed by atoms with Gasteiger partial charge in [-0.2, -0.15) is 0 Å². The first-order chi connectivity index (χ1) is 69.8. The zero-order valence-electron chi connectivity index (χ0n) is 85.8. The van der Waals surface area contributed by atoms with Crippen LogP contribution in [0.2, 0.25) is 0 Å². The third-order valence-corrected chi connectivity index (χ3v) is 35.0. The zero-order valence-corrected chi connectivity index (χ0v) is 85.8.